The van der Waals surface area contributed by atoms with Crippen molar-refractivity contribution >= 4 is 6.29 Å². The Bertz CT molecular complexity index is 373. The van der Waals surface area contributed by atoms with E-state index < -0.39 is 0 Å². The van der Waals surface area contributed by atoms with Gasteiger partial charge in [-0.3, -0.25) is 4.79 Å². The monoisotopic (exact) mass is 221 g/mol. The molecule has 0 N–H and O–H groups in total. The number of aldehydes is 1. The molecule has 0 bridgehead atoms. The zero-order chi connectivity index (χ0) is 11.4. The molecule has 1 aliphatic carbocycles. The molecule has 0 saturated heterocycles. The van der Waals surface area contributed by atoms with Crippen molar-refractivity contribution in [1.82, 2.24) is 4.98 Å². The first kappa shape index (κ1) is 10.9. The van der Waals surface area contributed by atoms with Gasteiger partial charge in [-0.15, -0.1) is 0 Å². The molecule has 16 heavy (non-hydrogen) atoms. The number of aromatic nitrogens is 1. The molecular formula is C12H15NO3. The summed E-state index contributed by atoms with van der Waals surface area (Å²) in [6.07, 6.45) is 7.03. The number of pyridine rings is 1. The van der Waals surface area contributed by atoms with Crippen molar-refractivity contribution < 1.29 is 14.3 Å². The smallest absolute Gasteiger partial charge is 0.179 e. The second-order valence-electron chi connectivity index (χ2n) is 3.90. The summed E-state index contributed by atoms with van der Waals surface area (Å²) >= 11 is 0. The fourth-order valence-electron chi connectivity index (χ4n) is 1.94. The van der Waals surface area contributed by atoms with Gasteiger partial charge in [0.2, 0.25) is 0 Å². The summed E-state index contributed by atoms with van der Waals surface area (Å²) in [4.78, 5) is 14.6. The Morgan fingerprint density at radius 3 is 2.75 bits per heavy atom. The molecule has 1 fully saturated rings. The zero-order valence-electron chi connectivity index (χ0n) is 9.31. The van der Waals surface area contributed by atoms with Crippen LogP contribution in [-0.2, 0) is 0 Å². The third-order valence-corrected chi connectivity index (χ3v) is 2.79. The van der Waals surface area contributed by atoms with Crippen molar-refractivity contribution in [2.45, 2.75) is 31.8 Å². The van der Waals surface area contributed by atoms with E-state index in [1.807, 2.05) is 0 Å². The summed E-state index contributed by atoms with van der Waals surface area (Å²) in [5.74, 6) is 1.20. The molecule has 0 radical (unpaired) electrons. The molecule has 4 heteroatoms. The first-order chi connectivity index (χ1) is 7.83. The van der Waals surface area contributed by atoms with Gasteiger partial charge in [0.1, 0.15) is 5.69 Å². The Labute approximate surface area is 94.6 Å². The number of hydrogen-bond donors (Lipinski definition) is 0. The van der Waals surface area contributed by atoms with Crippen LogP contribution in [0.1, 0.15) is 36.2 Å². The summed E-state index contributed by atoms with van der Waals surface area (Å²) in [7, 11) is 1.57. The minimum Gasteiger partial charge on any atom is -0.491 e. The molecule has 86 valence electrons. The number of carbonyl (C=O) groups is 1. The van der Waals surface area contributed by atoms with Gasteiger partial charge in [-0.1, -0.05) is 0 Å². The minimum absolute atomic E-state index is 0.246. The lowest BCUT2D eigenvalue weighted by Crippen LogP contribution is -2.12. The Hall–Kier alpha value is -1.58. The largest absolute Gasteiger partial charge is 0.491 e. The normalized spacial score (nSPS) is 16.1. The summed E-state index contributed by atoms with van der Waals surface area (Å²) < 4.78 is 11.0. The fourth-order valence-corrected chi connectivity index (χ4v) is 1.94. The lowest BCUT2D eigenvalue weighted by atomic mass is 10.3. The Kier molecular flexibility index (Phi) is 3.39. The third-order valence-electron chi connectivity index (χ3n) is 2.79. The fraction of sp³-hybridized carbons (Fsp3) is 0.500. The van der Waals surface area contributed by atoms with Crippen LogP contribution in [0.3, 0.4) is 0 Å². The average molecular weight is 221 g/mol. The highest BCUT2D eigenvalue weighted by Gasteiger charge is 2.18. The molecular weight excluding hydrogens is 206 g/mol. The van der Waals surface area contributed by atoms with Gasteiger partial charge in [-0.05, 0) is 25.7 Å². The Morgan fingerprint density at radius 1 is 1.38 bits per heavy atom. The van der Waals surface area contributed by atoms with E-state index in [9.17, 15) is 4.79 Å². The van der Waals surface area contributed by atoms with Crippen LogP contribution in [0, 0.1) is 0 Å². The predicted octanol–water partition coefficient (Wildman–Crippen LogP) is 2.22. The standard InChI is InChI=1S/C12H15NO3/c1-15-12-7-13-9(8-14)6-11(12)16-10-4-2-3-5-10/h6-8,10H,2-5H2,1H3. The topological polar surface area (TPSA) is 48.4 Å². The van der Waals surface area contributed by atoms with E-state index in [4.69, 9.17) is 9.47 Å². The predicted molar refractivity (Wildman–Crippen MR) is 59.1 cm³/mol. The maximum absolute atomic E-state index is 10.6. The Morgan fingerprint density at radius 2 is 2.12 bits per heavy atom. The van der Waals surface area contributed by atoms with Crippen LogP contribution in [0.4, 0.5) is 0 Å². The molecule has 1 saturated carbocycles. The van der Waals surface area contributed by atoms with Crippen molar-refractivity contribution in [2.24, 2.45) is 0 Å². The number of rotatable bonds is 4. The number of hydrogen-bond acceptors (Lipinski definition) is 4. The highest BCUT2D eigenvalue weighted by atomic mass is 16.5. The van der Waals surface area contributed by atoms with Crippen LogP contribution in [0.5, 0.6) is 11.5 Å². The lowest BCUT2D eigenvalue weighted by Gasteiger charge is -2.15. The quantitative estimate of drug-likeness (QED) is 0.731. The summed E-state index contributed by atoms with van der Waals surface area (Å²) in [5, 5.41) is 0. The third kappa shape index (κ3) is 2.32. The van der Waals surface area contributed by atoms with Crippen LogP contribution in [-0.4, -0.2) is 24.5 Å². The van der Waals surface area contributed by atoms with Crippen molar-refractivity contribution in [3.8, 4) is 11.5 Å². The highest BCUT2D eigenvalue weighted by molar-refractivity contribution is 5.73. The molecule has 0 atom stereocenters. The van der Waals surface area contributed by atoms with E-state index in [1.54, 1.807) is 13.2 Å². The minimum atomic E-state index is 0.246. The van der Waals surface area contributed by atoms with E-state index in [0.29, 0.717) is 23.5 Å². The van der Waals surface area contributed by atoms with Gasteiger partial charge in [0, 0.05) is 6.07 Å². The molecule has 1 aliphatic rings. The van der Waals surface area contributed by atoms with Gasteiger partial charge >= 0.3 is 0 Å². The van der Waals surface area contributed by atoms with Gasteiger partial charge in [0.25, 0.3) is 0 Å². The van der Waals surface area contributed by atoms with Crippen molar-refractivity contribution in [3.63, 3.8) is 0 Å². The van der Waals surface area contributed by atoms with E-state index >= 15 is 0 Å². The van der Waals surface area contributed by atoms with Crippen molar-refractivity contribution in [1.29, 1.82) is 0 Å². The van der Waals surface area contributed by atoms with Crippen LogP contribution in [0.15, 0.2) is 12.3 Å². The maximum atomic E-state index is 10.6. The molecule has 0 amide bonds. The molecule has 1 aromatic heterocycles. The molecule has 0 aromatic carbocycles. The van der Waals surface area contributed by atoms with E-state index in [-0.39, 0.29) is 6.10 Å². The second-order valence-corrected chi connectivity index (χ2v) is 3.90. The molecule has 2 rings (SSSR count). The molecule has 0 unspecified atom stereocenters. The summed E-state index contributed by atoms with van der Waals surface area (Å²) in [6, 6.07) is 1.63. The van der Waals surface area contributed by atoms with Crippen LogP contribution < -0.4 is 9.47 Å². The van der Waals surface area contributed by atoms with Gasteiger partial charge in [-0.2, -0.15) is 0 Å². The highest BCUT2D eigenvalue weighted by Crippen LogP contribution is 2.31. The Balaban J connectivity index is 2.18. The van der Waals surface area contributed by atoms with Crippen LogP contribution in [0.25, 0.3) is 0 Å². The SMILES string of the molecule is COc1cnc(C=O)cc1OC1CCCC1. The van der Waals surface area contributed by atoms with Gasteiger partial charge in [-0.25, -0.2) is 4.98 Å². The van der Waals surface area contributed by atoms with Gasteiger partial charge in [0.15, 0.2) is 17.8 Å². The van der Waals surface area contributed by atoms with E-state index in [0.717, 1.165) is 12.8 Å². The van der Waals surface area contributed by atoms with Crippen LogP contribution >= 0.6 is 0 Å². The van der Waals surface area contributed by atoms with Crippen LogP contribution in [0.2, 0.25) is 0 Å². The lowest BCUT2D eigenvalue weighted by molar-refractivity contribution is 0.111. The molecule has 1 aromatic rings. The second kappa shape index (κ2) is 4.96. The van der Waals surface area contributed by atoms with Crippen molar-refractivity contribution in [3.05, 3.63) is 18.0 Å². The number of methoxy groups -OCH3 is 1. The van der Waals surface area contributed by atoms with E-state index in [2.05, 4.69) is 4.98 Å². The van der Waals surface area contributed by atoms with Crippen molar-refractivity contribution in [2.75, 3.05) is 7.11 Å². The maximum Gasteiger partial charge on any atom is 0.179 e. The number of carbonyl (C=O) groups excluding carboxylic acids is 1. The first-order valence-corrected chi connectivity index (χ1v) is 5.49. The molecule has 1 heterocycles. The van der Waals surface area contributed by atoms with Gasteiger partial charge < -0.3 is 9.47 Å². The number of nitrogens with zero attached hydrogens (tertiary/aromatic N) is 1. The number of ether oxygens (including phenoxy) is 2. The molecule has 0 spiro atoms. The molecule has 4 nitrogen and oxygen atoms in total. The zero-order valence-corrected chi connectivity index (χ0v) is 9.31. The average Bonchev–Trinajstić information content (AvgIpc) is 2.82. The van der Waals surface area contributed by atoms with Gasteiger partial charge in [0.05, 0.1) is 19.4 Å². The summed E-state index contributed by atoms with van der Waals surface area (Å²) in [6.45, 7) is 0. The van der Waals surface area contributed by atoms with E-state index in [1.165, 1.54) is 19.0 Å². The first-order valence-electron chi connectivity index (χ1n) is 5.49. The molecule has 0 aliphatic heterocycles. The summed E-state index contributed by atoms with van der Waals surface area (Å²) in [5.41, 5.74) is 0.369.